The summed E-state index contributed by atoms with van der Waals surface area (Å²) < 4.78 is 0. The van der Waals surface area contributed by atoms with Gasteiger partial charge in [-0.15, -0.1) is 0 Å². The molecule has 340 valence electrons. The monoisotopic (exact) mass is 861 g/mol. The van der Waals surface area contributed by atoms with E-state index >= 15 is 0 Å². The lowest BCUT2D eigenvalue weighted by molar-refractivity contribution is 0.568. The van der Waals surface area contributed by atoms with Gasteiger partial charge in [0.05, 0.1) is 0 Å². The summed E-state index contributed by atoms with van der Waals surface area (Å²) in [5, 5.41) is 0. The molecule has 6 rings (SSSR count). The van der Waals surface area contributed by atoms with Crippen molar-refractivity contribution in [2.45, 2.75) is 209 Å². The zero-order valence-corrected chi connectivity index (χ0v) is 45.0. The van der Waals surface area contributed by atoms with Gasteiger partial charge in [0.1, 0.15) is 0 Å². The van der Waals surface area contributed by atoms with Gasteiger partial charge in [0.25, 0.3) is 0 Å². The molecular formula is C62H88Si. The molecule has 0 saturated heterocycles. The number of hydrogen-bond acceptors (Lipinski definition) is 0. The third-order valence-corrected chi connectivity index (χ3v) is 17.2. The van der Waals surface area contributed by atoms with Gasteiger partial charge in [0.2, 0.25) is 0 Å². The molecule has 0 aliphatic heterocycles. The van der Waals surface area contributed by atoms with Crippen molar-refractivity contribution >= 4 is 21.7 Å². The number of rotatable bonds is 14. The van der Waals surface area contributed by atoms with Crippen LogP contribution >= 0.6 is 0 Å². The second kappa shape index (κ2) is 18.8. The van der Waals surface area contributed by atoms with E-state index in [1.54, 1.807) is 22.3 Å². The van der Waals surface area contributed by atoms with Gasteiger partial charge in [-0.25, -0.2) is 0 Å². The van der Waals surface area contributed by atoms with E-state index in [4.69, 9.17) is 0 Å². The topological polar surface area (TPSA) is 0 Å². The molecule has 63 heavy (non-hydrogen) atoms. The summed E-state index contributed by atoms with van der Waals surface area (Å²) in [5.41, 5.74) is 24.7. The Balaban J connectivity index is 1.43. The van der Waals surface area contributed by atoms with E-state index in [1.807, 2.05) is 0 Å². The molecule has 2 aliphatic carbocycles. The van der Waals surface area contributed by atoms with E-state index in [9.17, 15) is 0 Å². The van der Waals surface area contributed by atoms with Crippen molar-refractivity contribution in [1.29, 1.82) is 0 Å². The lowest BCUT2D eigenvalue weighted by atomic mass is 9.77. The van der Waals surface area contributed by atoms with E-state index in [1.165, 1.54) is 91.7 Å². The maximum absolute atomic E-state index is 2.70. The van der Waals surface area contributed by atoms with Crippen molar-refractivity contribution < 1.29 is 0 Å². The lowest BCUT2D eigenvalue weighted by Crippen LogP contribution is -2.16. The van der Waals surface area contributed by atoms with Crippen molar-refractivity contribution in [2.24, 2.45) is 11.8 Å². The first-order chi connectivity index (χ1) is 29.4. The lowest BCUT2D eigenvalue weighted by Gasteiger charge is -2.28. The Labute approximate surface area is 390 Å². The molecule has 4 atom stereocenters. The van der Waals surface area contributed by atoms with Gasteiger partial charge >= 0.3 is 0 Å². The molecule has 0 spiro atoms. The van der Waals surface area contributed by atoms with E-state index < -0.39 is 9.52 Å². The third kappa shape index (κ3) is 10.4. The summed E-state index contributed by atoms with van der Waals surface area (Å²) >= 11 is 0. The van der Waals surface area contributed by atoms with Crippen LogP contribution in [0.3, 0.4) is 0 Å². The zero-order chi connectivity index (χ0) is 46.4. The highest BCUT2D eigenvalue weighted by Gasteiger charge is 2.35. The van der Waals surface area contributed by atoms with E-state index in [2.05, 4.69) is 197 Å². The van der Waals surface area contributed by atoms with Gasteiger partial charge in [-0.2, -0.15) is 0 Å². The normalized spacial score (nSPS) is 17.9. The predicted octanol–water partition coefficient (Wildman–Crippen LogP) is 17.9. The van der Waals surface area contributed by atoms with Gasteiger partial charge < -0.3 is 0 Å². The van der Waals surface area contributed by atoms with Crippen molar-refractivity contribution in [1.82, 2.24) is 0 Å². The molecule has 0 aromatic heterocycles. The van der Waals surface area contributed by atoms with Gasteiger partial charge in [0, 0.05) is 21.4 Å². The highest BCUT2D eigenvalue weighted by molar-refractivity contribution is 6.36. The second-order valence-electron chi connectivity index (χ2n) is 24.2. The summed E-state index contributed by atoms with van der Waals surface area (Å²) in [5.74, 6) is 2.21. The molecular weight excluding hydrogens is 773 g/mol. The van der Waals surface area contributed by atoms with Gasteiger partial charge in [-0.05, 0) is 137 Å². The molecule has 0 saturated carbocycles. The first kappa shape index (κ1) is 49.0. The minimum absolute atomic E-state index is 0.0797. The molecule has 0 nitrogen and oxygen atoms in total. The number of benzene rings is 4. The maximum atomic E-state index is 2.70. The number of fused-ring (bicyclic) bond motifs is 2. The van der Waals surface area contributed by atoms with Gasteiger partial charge in [-0.3, -0.25) is 0 Å². The first-order valence-corrected chi connectivity index (χ1v) is 27.5. The SMILES string of the molecule is CCCc1ccc2c(c1-c1cc(C(C)(C)C)cc(C(C)(C)C)c1)C=C(C(C)CC)C2C[SiH2]CC1C(C(C)CC)=Cc2c1ccc(CCC)c2-c1cc(C(C)(C)C)cc(C(C)(C)C)c1. The summed E-state index contributed by atoms with van der Waals surface area (Å²) in [6.07, 6.45) is 12.3. The Morgan fingerprint density at radius 1 is 0.460 bits per heavy atom. The molecule has 4 unspecified atom stereocenters. The van der Waals surface area contributed by atoms with E-state index in [-0.39, 0.29) is 21.7 Å². The molecule has 0 heterocycles. The molecule has 4 aromatic rings. The number of aryl methyl sites for hydroxylation is 2. The van der Waals surface area contributed by atoms with E-state index in [0.29, 0.717) is 23.7 Å². The Bertz CT molecular complexity index is 2100. The van der Waals surface area contributed by atoms with Crippen molar-refractivity contribution in [3.05, 3.63) is 127 Å². The van der Waals surface area contributed by atoms with Crippen LogP contribution in [0.15, 0.2) is 71.8 Å². The molecule has 0 amide bonds. The van der Waals surface area contributed by atoms with Crippen molar-refractivity contribution in [2.75, 3.05) is 0 Å². The Morgan fingerprint density at radius 2 is 0.778 bits per heavy atom. The minimum Gasteiger partial charge on any atom is -0.0651 e. The number of hydrogen-bond donors (Lipinski definition) is 0. The van der Waals surface area contributed by atoms with Gasteiger partial charge in [0.15, 0.2) is 0 Å². The fraction of sp³-hybridized carbons (Fsp3) is 0.548. The summed E-state index contributed by atoms with van der Waals surface area (Å²) in [7, 11) is -0.440. The Hall–Kier alpha value is -3.42. The fourth-order valence-corrected chi connectivity index (χ4v) is 13.0. The highest BCUT2D eigenvalue weighted by atomic mass is 28.2. The molecule has 0 fully saturated rings. The van der Waals surface area contributed by atoms with Crippen LogP contribution in [0.2, 0.25) is 12.1 Å². The van der Waals surface area contributed by atoms with Crippen LogP contribution in [0.25, 0.3) is 34.4 Å². The predicted molar refractivity (Wildman–Crippen MR) is 285 cm³/mol. The molecule has 4 aromatic carbocycles. The molecule has 0 bridgehead atoms. The van der Waals surface area contributed by atoms with Crippen molar-refractivity contribution in [3.63, 3.8) is 0 Å². The van der Waals surface area contributed by atoms with Crippen LogP contribution in [0.1, 0.15) is 218 Å². The summed E-state index contributed by atoms with van der Waals surface area (Å²) in [6.45, 7) is 43.1. The molecule has 2 aliphatic rings. The first-order valence-electron chi connectivity index (χ1n) is 25.5. The summed E-state index contributed by atoms with van der Waals surface area (Å²) in [4.78, 5) is 0. The van der Waals surface area contributed by atoms with E-state index in [0.717, 1.165) is 25.7 Å². The fourth-order valence-electron chi connectivity index (χ4n) is 10.7. The zero-order valence-electron chi connectivity index (χ0n) is 43.6. The van der Waals surface area contributed by atoms with Crippen LogP contribution in [0.4, 0.5) is 0 Å². The van der Waals surface area contributed by atoms with Crippen LogP contribution < -0.4 is 0 Å². The molecule has 1 heteroatoms. The summed E-state index contributed by atoms with van der Waals surface area (Å²) in [6, 6.07) is 28.1. The standard InChI is InChI=1S/C62H88Si/c1-19-23-41-25-27-49-53(57(41)43-29-45(59(7,8)9)33-46(30-43)60(10,11)12)35-51(39(5)21-3)55(49)37-63-38-56-50-28-26-42(24-20-2)58(54(50)36-52(56)40(6)22-4)44-31-47(61(13,14)15)34-48(32-44)62(16,17)18/h25-36,39-40,55-56H,19-24,37-38,63H2,1-18H3. The third-order valence-electron chi connectivity index (χ3n) is 15.2. The quantitative estimate of drug-likeness (QED) is 0.111. The van der Waals surface area contributed by atoms with Crippen LogP contribution in [-0.2, 0) is 34.5 Å². The van der Waals surface area contributed by atoms with Crippen LogP contribution in [0, 0.1) is 11.8 Å². The average molecular weight is 861 g/mol. The second-order valence-corrected chi connectivity index (χ2v) is 26.1. The van der Waals surface area contributed by atoms with Gasteiger partial charge in [-0.1, -0.05) is 234 Å². The van der Waals surface area contributed by atoms with Crippen molar-refractivity contribution in [3.8, 4) is 22.3 Å². The Kier molecular flexibility index (Phi) is 14.6. The smallest absolute Gasteiger partial charge is 0.0218 e. The highest BCUT2D eigenvalue weighted by Crippen LogP contribution is 2.52. The minimum atomic E-state index is -0.440. The molecule has 0 N–H and O–H groups in total. The number of allylic oxidation sites excluding steroid dienone is 2. The average Bonchev–Trinajstić information content (AvgIpc) is 3.77. The maximum Gasteiger partial charge on any atom is 0.0218 e. The van der Waals surface area contributed by atoms with Crippen LogP contribution in [-0.4, -0.2) is 9.52 Å². The molecule has 0 radical (unpaired) electrons. The van der Waals surface area contributed by atoms with Crippen LogP contribution in [0.5, 0.6) is 0 Å². The largest absolute Gasteiger partial charge is 0.0651 e. The Morgan fingerprint density at radius 3 is 1.05 bits per heavy atom.